The summed E-state index contributed by atoms with van der Waals surface area (Å²) in [6.45, 7) is 6.11. The lowest BCUT2D eigenvalue weighted by molar-refractivity contribution is -0.141. The molecule has 4 nitrogen and oxygen atoms in total. The van der Waals surface area contributed by atoms with E-state index >= 15 is 0 Å². The number of nitrogens with zero attached hydrogens (tertiary/aromatic N) is 1. The van der Waals surface area contributed by atoms with Crippen molar-refractivity contribution >= 4 is 35.0 Å². The number of rotatable bonds is 5. The van der Waals surface area contributed by atoms with E-state index in [9.17, 15) is 14.7 Å². The zero-order valence-electron chi connectivity index (χ0n) is 12.6. The topological polar surface area (TPSA) is 57.6 Å². The normalized spacial score (nSPS) is 21.8. The number of carboxylic acid groups (broad SMARTS) is 1. The molecule has 1 N–H and O–H groups in total. The summed E-state index contributed by atoms with van der Waals surface area (Å²) in [5.74, 6) is -0.584. The monoisotopic (exact) mass is 327 g/mol. The van der Waals surface area contributed by atoms with Gasteiger partial charge in [0.05, 0.1) is 10.3 Å². The first-order valence-electron chi connectivity index (χ1n) is 7.28. The number of amides is 1. The van der Waals surface area contributed by atoms with Gasteiger partial charge in [-0.2, -0.15) is 0 Å². The molecule has 0 aromatic carbocycles. The predicted molar refractivity (Wildman–Crippen MR) is 87.2 cm³/mol. The van der Waals surface area contributed by atoms with Crippen molar-refractivity contribution in [1.82, 2.24) is 4.90 Å². The second-order valence-corrected chi connectivity index (χ2v) is 7.65. The summed E-state index contributed by atoms with van der Waals surface area (Å²) in [5.41, 5.74) is 1.22. The second-order valence-electron chi connectivity index (χ2n) is 5.16. The molecule has 0 radical (unpaired) electrons. The van der Waals surface area contributed by atoms with Crippen molar-refractivity contribution in [3.63, 3.8) is 0 Å². The third-order valence-corrected chi connectivity index (χ3v) is 6.15. The maximum atomic E-state index is 12.7. The molecule has 1 aliphatic heterocycles. The molecule has 1 aromatic heterocycles. The van der Waals surface area contributed by atoms with Gasteiger partial charge in [0.25, 0.3) is 5.91 Å². The quantitative estimate of drug-likeness (QED) is 0.902. The SMILES string of the molecule is CCCc1sc(C(=O)N2C(C)SCC2C(=O)O)cc1CC. The standard InChI is InChI=1S/C15H21NO3S2/c1-4-6-12-10(5-2)7-13(21-12)14(17)16-9(3)20-8-11(16)15(18)19/h7,9,11H,4-6,8H2,1-3H3,(H,18,19). The van der Waals surface area contributed by atoms with Crippen molar-refractivity contribution in [2.75, 3.05) is 5.75 Å². The highest BCUT2D eigenvalue weighted by Crippen LogP contribution is 2.33. The van der Waals surface area contributed by atoms with Crippen LogP contribution < -0.4 is 0 Å². The van der Waals surface area contributed by atoms with Gasteiger partial charge in [-0.15, -0.1) is 23.1 Å². The maximum Gasteiger partial charge on any atom is 0.327 e. The van der Waals surface area contributed by atoms with Crippen molar-refractivity contribution in [3.05, 3.63) is 21.4 Å². The number of carboxylic acids is 1. The van der Waals surface area contributed by atoms with E-state index in [0.717, 1.165) is 19.3 Å². The van der Waals surface area contributed by atoms with Crippen LogP contribution in [-0.2, 0) is 17.6 Å². The summed E-state index contributed by atoms with van der Waals surface area (Å²) in [7, 11) is 0. The Labute approximate surface area is 133 Å². The van der Waals surface area contributed by atoms with Crippen LogP contribution in [0.3, 0.4) is 0 Å². The maximum absolute atomic E-state index is 12.7. The summed E-state index contributed by atoms with van der Waals surface area (Å²) >= 11 is 3.05. The lowest BCUT2D eigenvalue weighted by Gasteiger charge is -2.24. The molecule has 0 aliphatic carbocycles. The minimum atomic E-state index is -0.916. The van der Waals surface area contributed by atoms with E-state index in [1.807, 2.05) is 13.0 Å². The Balaban J connectivity index is 2.28. The molecule has 2 heterocycles. The lowest BCUT2D eigenvalue weighted by Crippen LogP contribution is -2.44. The van der Waals surface area contributed by atoms with Gasteiger partial charge in [-0.1, -0.05) is 20.3 Å². The molecule has 2 atom stereocenters. The van der Waals surface area contributed by atoms with Gasteiger partial charge < -0.3 is 10.0 Å². The number of aryl methyl sites for hydroxylation is 2. The molecule has 0 spiro atoms. The van der Waals surface area contributed by atoms with E-state index in [2.05, 4.69) is 13.8 Å². The zero-order valence-corrected chi connectivity index (χ0v) is 14.2. The van der Waals surface area contributed by atoms with E-state index in [4.69, 9.17) is 0 Å². The molecule has 21 heavy (non-hydrogen) atoms. The first-order valence-corrected chi connectivity index (χ1v) is 9.14. The molecule has 1 fully saturated rings. The van der Waals surface area contributed by atoms with Crippen LogP contribution in [0.5, 0.6) is 0 Å². The van der Waals surface area contributed by atoms with E-state index < -0.39 is 12.0 Å². The Hall–Kier alpha value is -1.01. The van der Waals surface area contributed by atoms with Crippen LogP contribution in [0.25, 0.3) is 0 Å². The van der Waals surface area contributed by atoms with Crippen molar-refractivity contribution in [1.29, 1.82) is 0 Å². The summed E-state index contributed by atoms with van der Waals surface area (Å²) in [6, 6.07) is 1.24. The smallest absolute Gasteiger partial charge is 0.327 e. The highest BCUT2D eigenvalue weighted by molar-refractivity contribution is 8.00. The molecular weight excluding hydrogens is 306 g/mol. The number of thiophene rings is 1. The van der Waals surface area contributed by atoms with Crippen LogP contribution in [0.1, 0.15) is 47.3 Å². The van der Waals surface area contributed by atoms with Crippen molar-refractivity contribution in [2.24, 2.45) is 0 Å². The van der Waals surface area contributed by atoms with Crippen molar-refractivity contribution in [3.8, 4) is 0 Å². The molecular formula is C15H21NO3S2. The average molecular weight is 327 g/mol. The van der Waals surface area contributed by atoms with E-state index in [-0.39, 0.29) is 11.3 Å². The summed E-state index contributed by atoms with van der Waals surface area (Å²) in [4.78, 5) is 27.5. The Kier molecular flexibility index (Phi) is 5.32. The molecule has 1 aliphatic rings. The zero-order chi connectivity index (χ0) is 15.6. The lowest BCUT2D eigenvalue weighted by atomic mass is 10.1. The van der Waals surface area contributed by atoms with Crippen LogP contribution in [0, 0.1) is 0 Å². The van der Waals surface area contributed by atoms with E-state index in [0.29, 0.717) is 10.6 Å². The molecule has 1 saturated heterocycles. The van der Waals surface area contributed by atoms with Gasteiger partial charge in [-0.05, 0) is 31.4 Å². The van der Waals surface area contributed by atoms with Gasteiger partial charge in [0.15, 0.2) is 0 Å². The van der Waals surface area contributed by atoms with Gasteiger partial charge >= 0.3 is 5.97 Å². The molecule has 0 bridgehead atoms. The largest absolute Gasteiger partial charge is 0.480 e. The summed E-state index contributed by atoms with van der Waals surface area (Å²) in [6.07, 6.45) is 2.94. The number of hydrogen-bond donors (Lipinski definition) is 1. The molecule has 1 amide bonds. The van der Waals surface area contributed by atoms with Crippen molar-refractivity contribution < 1.29 is 14.7 Å². The Morgan fingerprint density at radius 1 is 1.43 bits per heavy atom. The van der Waals surface area contributed by atoms with E-state index in [1.54, 1.807) is 0 Å². The Morgan fingerprint density at radius 3 is 2.71 bits per heavy atom. The third-order valence-electron chi connectivity index (χ3n) is 3.71. The van der Waals surface area contributed by atoms with Crippen molar-refractivity contribution in [2.45, 2.75) is 51.4 Å². The number of thioether (sulfide) groups is 1. The van der Waals surface area contributed by atoms with Gasteiger partial charge in [0.1, 0.15) is 6.04 Å². The molecule has 2 rings (SSSR count). The summed E-state index contributed by atoms with van der Waals surface area (Å²) < 4.78 is 0. The van der Waals surface area contributed by atoms with Gasteiger partial charge in [0, 0.05) is 10.6 Å². The third kappa shape index (κ3) is 3.26. The van der Waals surface area contributed by atoms with Gasteiger partial charge in [-0.3, -0.25) is 4.79 Å². The molecule has 1 aromatic rings. The fourth-order valence-electron chi connectivity index (χ4n) is 2.58. The molecule has 2 unspecified atom stereocenters. The second kappa shape index (κ2) is 6.83. The van der Waals surface area contributed by atoms with Crippen LogP contribution >= 0.6 is 23.1 Å². The highest BCUT2D eigenvalue weighted by atomic mass is 32.2. The number of carbonyl (C=O) groups is 2. The van der Waals surface area contributed by atoms with Gasteiger partial charge in [-0.25, -0.2) is 4.79 Å². The predicted octanol–water partition coefficient (Wildman–Crippen LogP) is 3.25. The number of aliphatic carboxylic acids is 1. The Morgan fingerprint density at radius 2 is 2.14 bits per heavy atom. The highest BCUT2D eigenvalue weighted by Gasteiger charge is 2.40. The average Bonchev–Trinajstić information content (AvgIpc) is 3.02. The molecule has 6 heteroatoms. The van der Waals surface area contributed by atoms with Crippen LogP contribution in [0.15, 0.2) is 6.07 Å². The minimum absolute atomic E-state index is 0.0830. The first kappa shape index (κ1) is 16.4. The van der Waals surface area contributed by atoms with Crippen LogP contribution in [0.4, 0.5) is 0 Å². The minimum Gasteiger partial charge on any atom is -0.480 e. The fourth-order valence-corrected chi connectivity index (χ4v) is 5.05. The molecule has 0 saturated carbocycles. The number of carbonyl (C=O) groups excluding carboxylic acids is 1. The first-order chi connectivity index (χ1) is 9.99. The van der Waals surface area contributed by atoms with E-state index in [1.165, 1.54) is 38.4 Å². The van der Waals surface area contributed by atoms with Gasteiger partial charge in [0.2, 0.25) is 0 Å². The van der Waals surface area contributed by atoms with Crippen LogP contribution in [0.2, 0.25) is 0 Å². The number of hydrogen-bond acceptors (Lipinski definition) is 4. The summed E-state index contributed by atoms with van der Waals surface area (Å²) in [5, 5.41) is 9.20. The molecule has 116 valence electrons. The van der Waals surface area contributed by atoms with Crippen LogP contribution in [-0.4, -0.2) is 39.1 Å². The fraction of sp³-hybridized carbons (Fsp3) is 0.600. The Bertz CT molecular complexity index is 541.